The molecule has 0 aromatic heterocycles. The average Bonchev–Trinajstić information content (AvgIpc) is 2.46. The lowest BCUT2D eigenvalue weighted by molar-refractivity contribution is 0.102. The van der Waals surface area contributed by atoms with Crippen molar-refractivity contribution in [2.24, 2.45) is 0 Å². The maximum absolute atomic E-state index is 12.8. The second kappa shape index (κ2) is 7.20. The van der Waals surface area contributed by atoms with Crippen LogP contribution in [0.15, 0.2) is 48.5 Å². The van der Waals surface area contributed by atoms with Gasteiger partial charge in [0, 0.05) is 16.6 Å². The minimum Gasteiger partial charge on any atom is -0.322 e. The Morgan fingerprint density at radius 2 is 1.90 bits per heavy atom. The van der Waals surface area contributed by atoms with Crippen molar-refractivity contribution >= 4 is 27.5 Å². The summed E-state index contributed by atoms with van der Waals surface area (Å²) in [5, 5.41) is 3.78. The van der Waals surface area contributed by atoms with Gasteiger partial charge in [0.25, 0.3) is 5.91 Å². The van der Waals surface area contributed by atoms with Crippen LogP contribution in [0.25, 0.3) is 0 Å². The molecule has 2 aromatic carbocycles. The van der Waals surface area contributed by atoms with Crippen LogP contribution in [0, 0.1) is 5.82 Å². The average molecular weight is 336 g/mol. The van der Waals surface area contributed by atoms with Gasteiger partial charge in [0.15, 0.2) is 0 Å². The highest BCUT2D eigenvalue weighted by atomic mass is 79.9. The van der Waals surface area contributed by atoms with Crippen molar-refractivity contribution in [3.05, 3.63) is 65.5 Å². The second-order valence-electron chi connectivity index (χ2n) is 4.45. The Morgan fingerprint density at radius 3 is 2.60 bits per heavy atom. The summed E-state index contributed by atoms with van der Waals surface area (Å²) in [5.41, 5.74) is 2.38. The van der Waals surface area contributed by atoms with Gasteiger partial charge in [-0.05, 0) is 54.8 Å². The Hall–Kier alpha value is -1.68. The van der Waals surface area contributed by atoms with E-state index in [4.69, 9.17) is 0 Å². The number of carbonyl (C=O) groups is 1. The predicted octanol–water partition coefficient (Wildman–Crippen LogP) is 4.41. The largest absolute Gasteiger partial charge is 0.322 e. The van der Waals surface area contributed by atoms with E-state index in [1.165, 1.54) is 29.8 Å². The summed E-state index contributed by atoms with van der Waals surface area (Å²) < 4.78 is 12.8. The standard InChI is InChI=1S/C16H15BrFNO/c17-10-2-4-12-3-1-5-15(11-12)19-16(20)13-6-8-14(18)9-7-13/h1,3,5-9,11H,2,4,10H2,(H,19,20). The minimum absolute atomic E-state index is 0.234. The number of aryl methyl sites for hydroxylation is 1. The molecular formula is C16H15BrFNO. The van der Waals surface area contributed by atoms with Crippen LogP contribution in [-0.4, -0.2) is 11.2 Å². The number of anilines is 1. The zero-order chi connectivity index (χ0) is 14.4. The Labute approximate surface area is 126 Å². The van der Waals surface area contributed by atoms with E-state index in [9.17, 15) is 9.18 Å². The van der Waals surface area contributed by atoms with Crippen LogP contribution >= 0.6 is 15.9 Å². The van der Waals surface area contributed by atoms with Gasteiger partial charge in [-0.3, -0.25) is 4.79 Å². The lowest BCUT2D eigenvalue weighted by Crippen LogP contribution is -2.11. The van der Waals surface area contributed by atoms with Crippen molar-refractivity contribution < 1.29 is 9.18 Å². The molecule has 0 aliphatic carbocycles. The van der Waals surface area contributed by atoms with E-state index < -0.39 is 0 Å². The predicted molar refractivity (Wildman–Crippen MR) is 82.9 cm³/mol. The van der Waals surface area contributed by atoms with E-state index in [0.29, 0.717) is 5.56 Å². The molecule has 0 bridgehead atoms. The molecule has 1 amide bonds. The summed E-state index contributed by atoms with van der Waals surface area (Å²) in [6.45, 7) is 0. The molecule has 0 heterocycles. The Morgan fingerprint density at radius 1 is 1.15 bits per heavy atom. The van der Waals surface area contributed by atoms with E-state index in [0.717, 1.165) is 23.9 Å². The molecule has 0 fully saturated rings. The maximum atomic E-state index is 12.8. The first-order chi connectivity index (χ1) is 9.69. The molecule has 104 valence electrons. The van der Waals surface area contributed by atoms with Gasteiger partial charge in [0.2, 0.25) is 0 Å². The molecule has 2 nitrogen and oxygen atoms in total. The number of rotatable bonds is 5. The number of benzene rings is 2. The lowest BCUT2D eigenvalue weighted by Gasteiger charge is -2.07. The van der Waals surface area contributed by atoms with Gasteiger partial charge in [-0.1, -0.05) is 28.1 Å². The summed E-state index contributed by atoms with van der Waals surface area (Å²) in [6.07, 6.45) is 2.01. The number of carbonyl (C=O) groups excluding carboxylic acids is 1. The van der Waals surface area contributed by atoms with Crippen LogP contribution < -0.4 is 5.32 Å². The first kappa shape index (κ1) is 14.7. The SMILES string of the molecule is O=C(Nc1cccc(CCCBr)c1)c1ccc(F)cc1. The van der Waals surface area contributed by atoms with Crippen LogP contribution in [0.5, 0.6) is 0 Å². The van der Waals surface area contributed by atoms with Crippen molar-refractivity contribution in [1.29, 1.82) is 0 Å². The van der Waals surface area contributed by atoms with Gasteiger partial charge in [0.1, 0.15) is 5.82 Å². The van der Waals surface area contributed by atoms with Crippen LogP contribution in [0.3, 0.4) is 0 Å². The fraction of sp³-hybridized carbons (Fsp3) is 0.188. The summed E-state index contributed by atoms with van der Waals surface area (Å²) in [4.78, 5) is 12.0. The molecule has 1 N–H and O–H groups in total. The summed E-state index contributed by atoms with van der Waals surface area (Å²) >= 11 is 3.40. The minimum atomic E-state index is -0.349. The molecule has 0 aliphatic rings. The molecule has 0 saturated carbocycles. The molecule has 2 rings (SSSR count). The summed E-state index contributed by atoms with van der Waals surface area (Å²) in [7, 11) is 0. The number of hydrogen-bond acceptors (Lipinski definition) is 1. The number of nitrogens with one attached hydrogen (secondary N) is 1. The van der Waals surface area contributed by atoms with E-state index in [1.54, 1.807) is 0 Å². The summed E-state index contributed by atoms with van der Waals surface area (Å²) in [5.74, 6) is -0.582. The molecule has 0 atom stereocenters. The van der Waals surface area contributed by atoms with Crippen molar-refractivity contribution in [3.8, 4) is 0 Å². The molecule has 20 heavy (non-hydrogen) atoms. The second-order valence-corrected chi connectivity index (χ2v) is 5.25. The van der Waals surface area contributed by atoms with Gasteiger partial charge in [-0.15, -0.1) is 0 Å². The van der Waals surface area contributed by atoms with Gasteiger partial charge in [-0.25, -0.2) is 4.39 Å². The third-order valence-corrected chi connectivity index (χ3v) is 3.45. The lowest BCUT2D eigenvalue weighted by atomic mass is 10.1. The Kier molecular flexibility index (Phi) is 5.30. The quantitative estimate of drug-likeness (QED) is 0.806. The van der Waals surface area contributed by atoms with E-state index in [1.807, 2.05) is 24.3 Å². The Bertz CT molecular complexity index is 583. The number of alkyl halides is 1. The molecule has 0 unspecified atom stereocenters. The van der Waals surface area contributed by atoms with Crippen LogP contribution in [0.4, 0.5) is 10.1 Å². The molecule has 4 heteroatoms. The van der Waals surface area contributed by atoms with E-state index in [2.05, 4.69) is 21.2 Å². The van der Waals surface area contributed by atoms with E-state index in [-0.39, 0.29) is 11.7 Å². The first-order valence-corrected chi connectivity index (χ1v) is 7.53. The normalized spacial score (nSPS) is 10.3. The molecular weight excluding hydrogens is 321 g/mol. The zero-order valence-corrected chi connectivity index (χ0v) is 12.5. The molecule has 0 aliphatic heterocycles. The number of amides is 1. The van der Waals surface area contributed by atoms with E-state index >= 15 is 0 Å². The fourth-order valence-electron chi connectivity index (χ4n) is 1.88. The topological polar surface area (TPSA) is 29.1 Å². The molecule has 0 spiro atoms. The highest BCUT2D eigenvalue weighted by Crippen LogP contribution is 2.14. The Balaban J connectivity index is 2.05. The van der Waals surface area contributed by atoms with Crippen molar-refractivity contribution in [3.63, 3.8) is 0 Å². The maximum Gasteiger partial charge on any atom is 0.255 e. The third kappa shape index (κ3) is 4.17. The zero-order valence-electron chi connectivity index (χ0n) is 10.9. The molecule has 2 aromatic rings. The van der Waals surface area contributed by atoms with Crippen molar-refractivity contribution in [1.82, 2.24) is 0 Å². The summed E-state index contributed by atoms with van der Waals surface area (Å²) in [6, 6.07) is 13.3. The number of halogens is 2. The van der Waals surface area contributed by atoms with Crippen molar-refractivity contribution in [2.75, 3.05) is 10.6 Å². The molecule has 0 saturated heterocycles. The highest BCUT2D eigenvalue weighted by molar-refractivity contribution is 9.09. The van der Waals surface area contributed by atoms with Gasteiger partial charge >= 0.3 is 0 Å². The van der Waals surface area contributed by atoms with Crippen molar-refractivity contribution in [2.45, 2.75) is 12.8 Å². The van der Waals surface area contributed by atoms with Gasteiger partial charge in [0.05, 0.1) is 0 Å². The van der Waals surface area contributed by atoms with Crippen LogP contribution in [0.2, 0.25) is 0 Å². The van der Waals surface area contributed by atoms with Gasteiger partial charge in [-0.2, -0.15) is 0 Å². The fourth-order valence-corrected chi connectivity index (χ4v) is 2.16. The van der Waals surface area contributed by atoms with Crippen LogP contribution in [-0.2, 0) is 6.42 Å². The monoisotopic (exact) mass is 335 g/mol. The highest BCUT2D eigenvalue weighted by Gasteiger charge is 2.06. The first-order valence-electron chi connectivity index (χ1n) is 6.41. The van der Waals surface area contributed by atoms with Gasteiger partial charge < -0.3 is 5.32 Å². The third-order valence-electron chi connectivity index (χ3n) is 2.89. The smallest absolute Gasteiger partial charge is 0.255 e. The molecule has 0 radical (unpaired) electrons. The van der Waals surface area contributed by atoms with Crippen LogP contribution in [0.1, 0.15) is 22.3 Å². The number of hydrogen-bond donors (Lipinski definition) is 1.